The molecule has 1 N–H and O–H groups in total. The van der Waals surface area contributed by atoms with E-state index in [1.807, 2.05) is 6.08 Å². The number of nitrogens with one attached hydrogen (secondary N) is 1. The van der Waals surface area contributed by atoms with Crippen LogP contribution in [0, 0.1) is 0 Å². The van der Waals surface area contributed by atoms with Gasteiger partial charge in [0.05, 0.1) is 34.3 Å². The van der Waals surface area contributed by atoms with E-state index in [0.29, 0.717) is 43.2 Å². The fourth-order valence-corrected chi connectivity index (χ4v) is 6.12. The van der Waals surface area contributed by atoms with Gasteiger partial charge in [0.1, 0.15) is 6.10 Å². The van der Waals surface area contributed by atoms with Crippen LogP contribution in [0.25, 0.3) is 0 Å². The second kappa shape index (κ2) is 11.9. The molecule has 2 aromatic carbocycles. The summed E-state index contributed by atoms with van der Waals surface area (Å²) in [5, 5.41) is 3.60. The van der Waals surface area contributed by atoms with Gasteiger partial charge in [0.15, 0.2) is 0 Å². The number of hydrogen-bond acceptors (Lipinski definition) is 5. The molecule has 1 fully saturated rings. The van der Waals surface area contributed by atoms with E-state index in [4.69, 9.17) is 27.9 Å². The highest BCUT2D eigenvalue weighted by Gasteiger charge is 2.30. The lowest BCUT2D eigenvalue weighted by Crippen LogP contribution is -2.51. The molecular weight excluding hydrogens is 537 g/mol. The van der Waals surface area contributed by atoms with Crippen LogP contribution in [-0.4, -0.2) is 63.5 Å². The zero-order valence-electron chi connectivity index (χ0n) is 20.4. The number of fused-ring (bicyclic) bond motifs is 4. The summed E-state index contributed by atoms with van der Waals surface area (Å²) in [6.45, 7) is 2.80. The predicted octanol–water partition coefficient (Wildman–Crippen LogP) is 4.27. The van der Waals surface area contributed by atoms with Crippen LogP contribution >= 0.6 is 23.2 Å². The first-order valence-corrected chi connectivity index (χ1v) is 14.3. The van der Waals surface area contributed by atoms with Gasteiger partial charge in [-0.3, -0.25) is 13.9 Å². The first-order chi connectivity index (χ1) is 17.7. The number of carbonyl (C=O) groups is 2. The maximum Gasteiger partial charge on any atom is 0.264 e. The van der Waals surface area contributed by atoms with Crippen molar-refractivity contribution < 1.29 is 22.7 Å². The zero-order chi connectivity index (χ0) is 26.6. The Bertz CT molecular complexity index is 1280. The summed E-state index contributed by atoms with van der Waals surface area (Å²) in [6.07, 6.45) is 4.79. The highest BCUT2D eigenvalue weighted by Crippen LogP contribution is 2.29. The van der Waals surface area contributed by atoms with Gasteiger partial charge in [-0.25, -0.2) is 8.42 Å². The molecule has 0 saturated carbocycles. The topological polar surface area (TPSA) is 96.0 Å². The van der Waals surface area contributed by atoms with Gasteiger partial charge in [-0.1, -0.05) is 35.4 Å². The molecular formula is C26H29Cl2N3O5S. The van der Waals surface area contributed by atoms with Crippen LogP contribution in [0.4, 0.5) is 5.69 Å². The summed E-state index contributed by atoms with van der Waals surface area (Å²) in [7, 11) is -4.06. The number of hydrogen-bond donors (Lipinski definition) is 1. The maximum atomic E-state index is 13.8. The molecule has 0 spiro atoms. The number of carbonyl (C=O) groups excluding carboxylic acids is 2. The molecule has 2 heterocycles. The molecule has 11 heteroatoms. The molecule has 2 aromatic rings. The number of rotatable bonds is 1. The Hall–Kier alpha value is -2.59. The van der Waals surface area contributed by atoms with Crippen molar-refractivity contribution in [2.75, 3.05) is 30.5 Å². The number of benzene rings is 2. The fraction of sp³-hybridized carbons (Fsp3) is 0.385. The fourth-order valence-electron chi connectivity index (χ4n) is 4.35. The Morgan fingerprint density at radius 3 is 2.57 bits per heavy atom. The number of nitrogens with zero attached hydrogens (tertiary/aromatic N) is 2. The minimum atomic E-state index is -4.06. The van der Waals surface area contributed by atoms with Crippen LogP contribution < -0.4 is 9.62 Å². The Morgan fingerprint density at radius 1 is 1.05 bits per heavy atom. The van der Waals surface area contributed by atoms with E-state index >= 15 is 0 Å². The molecule has 2 amide bonds. The molecule has 2 unspecified atom stereocenters. The molecule has 0 radical (unpaired) electrons. The lowest BCUT2D eigenvalue weighted by atomic mass is 10.0. The highest BCUT2D eigenvalue weighted by atomic mass is 35.5. The van der Waals surface area contributed by atoms with Crippen LogP contribution in [-0.2, 0) is 19.6 Å². The van der Waals surface area contributed by atoms with Crippen LogP contribution in [0.2, 0.25) is 10.0 Å². The van der Waals surface area contributed by atoms with Crippen molar-refractivity contribution in [3.05, 3.63) is 70.2 Å². The number of piperidine rings is 1. The van der Waals surface area contributed by atoms with E-state index in [1.165, 1.54) is 22.5 Å². The third-order valence-corrected chi connectivity index (χ3v) is 8.76. The summed E-state index contributed by atoms with van der Waals surface area (Å²) in [5.74, 6) is -0.617. The Kier molecular flexibility index (Phi) is 8.79. The van der Waals surface area contributed by atoms with E-state index in [-0.39, 0.29) is 39.9 Å². The van der Waals surface area contributed by atoms with Crippen LogP contribution in [0.3, 0.4) is 0 Å². The summed E-state index contributed by atoms with van der Waals surface area (Å²) in [6, 6.07) is 10.4. The van der Waals surface area contributed by atoms with Crippen molar-refractivity contribution in [3.63, 3.8) is 0 Å². The Morgan fingerprint density at radius 2 is 1.81 bits per heavy atom. The summed E-state index contributed by atoms with van der Waals surface area (Å²) >= 11 is 12.4. The third kappa shape index (κ3) is 6.46. The van der Waals surface area contributed by atoms with Gasteiger partial charge in [0, 0.05) is 24.2 Å². The second-order valence-electron chi connectivity index (χ2n) is 9.03. The number of sulfonamides is 1. The van der Waals surface area contributed by atoms with Crippen LogP contribution in [0.5, 0.6) is 0 Å². The lowest BCUT2D eigenvalue weighted by Gasteiger charge is -2.34. The van der Waals surface area contributed by atoms with Gasteiger partial charge in [0.2, 0.25) is 5.91 Å². The SMILES string of the molecule is CC1OCC/C=C/CN(c2ccc(Cl)cc2)S(=O)(=O)c2ccc(Cl)c(c2)C(=O)N2CCCC(C2)NC1=O. The maximum absolute atomic E-state index is 13.8. The first-order valence-electron chi connectivity index (χ1n) is 12.1. The molecule has 4 rings (SSSR count). The molecule has 4 bridgehead atoms. The molecule has 2 aliphatic rings. The van der Waals surface area contributed by atoms with Gasteiger partial charge >= 0.3 is 0 Å². The molecule has 37 heavy (non-hydrogen) atoms. The minimum Gasteiger partial charge on any atom is -0.368 e. The van der Waals surface area contributed by atoms with Gasteiger partial charge < -0.3 is 15.0 Å². The molecule has 198 valence electrons. The van der Waals surface area contributed by atoms with E-state index < -0.39 is 16.1 Å². The van der Waals surface area contributed by atoms with E-state index in [2.05, 4.69) is 5.32 Å². The zero-order valence-corrected chi connectivity index (χ0v) is 22.7. The minimum absolute atomic E-state index is 0.0414. The monoisotopic (exact) mass is 565 g/mol. The van der Waals surface area contributed by atoms with Gasteiger partial charge in [-0.15, -0.1) is 0 Å². The number of ether oxygens (including phenoxy) is 1. The number of amides is 2. The van der Waals surface area contributed by atoms with Crippen molar-refractivity contribution in [2.24, 2.45) is 0 Å². The first kappa shape index (κ1) is 27.4. The van der Waals surface area contributed by atoms with Crippen molar-refractivity contribution in [1.29, 1.82) is 0 Å². The quantitative estimate of drug-likeness (QED) is 0.521. The molecule has 2 atom stereocenters. The van der Waals surface area contributed by atoms with Crippen molar-refractivity contribution in [3.8, 4) is 0 Å². The molecule has 0 aromatic heterocycles. The van der Waals surface area contributed by atoms with Crippen LogP contribution in [0.1, 0.15) is 36.5 Å². The summed E-state index contributed by atoms with van der Waals surface area (Å²) < 4.78 is 34.5. The number of anilines is 1. The highest BCUT2D eigenvalue weighted by molar-refractivity contribution is 7.92. The summed E-state index contributed by atoms with van der Waals surface area (Å²) in [5.41, 5.74) is 0.519. The van der Waals surface area contributed by atoms with E-state index in [0.717, 1.165) is 6.42 Å². The normalized spacial score (nSPS) is 24.1. The third-order valence-electron chi connectivity index (χ3n) is 6.39. The standard InChI is InChI=1S/C26H29Cl2N3O5S/c1-18-25(32)29-20-6-5-13-30(17-20)26(33)23-16-22(11-12-24(23)28)37(34,35)31(14-3-2-4-15-36-18)21-9-7-19(27)8-10-21/h2-3,7-12,16,18,20H,4-6,13-15,17H2,1H3,(H,29,32)/b3-2+. The lowest BCUT2D eigenvalue weighted by molar-refractivity contribution is -0.132. The number of halogens is 2. The summed E-state index contributed by atoms with van der Waals surface area (Å²) in [4.78, 5) is 27.6. The van der Waals surface area contributed by atoms with Crippen molar-refractivity contribution in [2.45, 2.75) is 43.2 Å². The molecule has 2 aliphatic heterocycles. The van der Waals surface area contributed by atoms with Crippen molar-refractivity contribution in [1.82, 2.24) is 10.2 Å². The second-order valence-corrected chi connectivity index (χ2v) is 11.7. The smallest absolute Gasteiger partial charge is 0.264 e. The molecule has 8 nitrogen and oxygen atoms in total. The van der Waals surface area contributed by atoms with E-state index in [9.17, 15) is 18.0 Å². The molecule has 1 saturated heterocycles. The van der Waals surface area contributed by atoms with Crippen molar-refractivity contribution >= 4 is 50.7 Å². The average Bonchev–Trinajstić information content (AvgIpc) is 2.88. The van der Waals surface area contributed by atoms with Crippen LogP contribution in [0.15, 0.2) is 59.5 Å². The Labute approximate surface area is 227 Å². The largest absolute Gasteiger partial charge is 0.368 e. The molecule has 0 aliphatic carbocycles. The van der Waals surface area contributed by atoms with Gasteiger partial charge in [0.25, 0.3) is 15.9 Å². The Balaban J connectivity index is 1.75. The van der Waals surface area contributed by atoms with E-state index in [1.54, 1.807) is 42.2 Å². The van der Waals surface area contributed by atoms with Gasteiger partial charge in [-0.05, 0) is 68.7 Å². The van der Waals surface area contributed by atoms with Gasteiger partial charge in [-0.2, -0.15) is 0 Å². The predicted molar refractivity (Wildman–Crippen MR) is 144 cm³/mol. The average molecular weight is 567 g/mol.